The van der Waals surface area contributed by atoms with Crippen LogP contribution in [0.5, 0.6) is 0 Å². The average molecular weight is 455 g/mol. The molecule has 11 heteroatoms. The van der Waals surface area contributed by atoms with Crippen LogP contribution >= 0.6 is 11.3 Å². The summed E-state index contributed by atoms with van der Waals surface area (Å²) in [5.74, 6) is -0.569. The van der Waals surface area contributed by atoms with Crippen molar-refractivity contribution in [2.45, 2.75) is 19.9 Å². The Balaban J connectivity index is 1.59. The molecule has 0 saturated carbocycles. The Morgan fingerprint density at radius 2 is 2.03 bits per heavy atom. The zero-order valence-electron chi connectivity index (χ0n) is 17.4. The highest BCUT2D eigenvalue weighted by atomic mass is 32.1. The van der Waals surface area contributed by atoms with E-state index in [1.54, 1.807) is 17.0 Å². The zero-order valence-corrected chi connectivity index (χ0v) is 18.2. The van der Waals surface area contributed by atoms with Gasteiger partial charge in [-0.15, -0.1) is 11.3 Å². The predicted octanol–water partition coefficient (Wildman–Crippen LogP) is 2.52. The number of nitrogens with one attached hydrogen (secondary N) is 1. The van der Waals surface area contributed by atoms with Gasteiger partial charge in [-0.3, -0.25) is 19.7 Å². The first-order valence-corrected chi connectivity index (χ1v) is 10.9. The molecule has 2 aliphatic rings. The van der Waals surface area contributed by atoms with Crippen LogP contribution in [0.15, 0.2) is 18.2 Å². The fourth-order valence-electron chi connectivity index (χ4n) is 3.94. The average Bonchev–Trinajstić information content (AvgIpc) is 3.15. The van der Waals surface area contributed by atoms with Crippen LogP contribution in [-0.4, -0.2) is 54.5 Å². The van der Waals surface area contributed by atoms with Gasteiger partial charge >= 0.3 is 0 Å². The number of nitrogens with zero attached hydrogens (tertiary/aromatic N) is 4. The van der Waals surface area contributed by atoms with Gasteiger partial charge in [0, 0.05) is 43.1 Å². The van der Waals surface area contributed by atoms with Gasteiger partial charge in [-0.1, -0.05) is 0 Å². The molecule has 1 aromatic carbocycles. The molecule has 166 valence electrons. The number of benzene rings is 1. The second-order valence-corrected chi connectivity index (χ2v) is 8.63. The van der Waals surface area contributed by atoms with Crippen molar-refractivity contribution in [3.8, 4) is 6.07 Å². The van der Waals surface area contributed by atoms with Crippen molar-refractivity contribution in [2.75, 3.05) is 43.1 Å². The van der Waals surface area contributed by atoms with Crippen LogP contribution in [-0.2, 0) is 22.5 Å². The van der Waals surface area contributed by atoms with Gasteiger partial charge in [-0.25, -0.2) is 0 Å². The molecular weight excluding hydrogens is 434 g/mol. The third kappa shape index (κ3) is 4.15. The Bertz CT molecular complexity index is 1130. The van der Waals surface area contributed by atoms with Gasteiger partial charge in [0.15, 0.2) is 0 Å². The molecule has 0 atom stereocenters. The minimum Gasteiger partial charge on any atom is -0.378 e. The number of carbonyl (C=O) groups is 2. The van der Waals surface area contributed by atoms with E-state index in [2.05, 4.69) is 11.4 Å². The van der Waals surface area contributed by atoms with Crippen molar-refractivity contribution in [3.05, 3.63) is 49.9 Å². The van der Waals surface area contributed by atoms with Crippen molar-refractivity contribution in [2.24, 2.45) is 0 Å². The van der Waals surface area contributed by atoms with Gasteiger partial charge in [0.2, 0.25) is 5.91 Å². The fraction of sp³-hybridized carbons (Fsp3) is 0.381. The number of nitro groups is 1. The lowest BCUT2D eigenvalue weighted by atomic mass is 10.0. The van der Waals surface area contributed by atoms with Gasteiger partial charge in [-0.05, 0) is 24.1 Å². The number of fused-ring (bicyclic) bond motifs is 1. The lowest BCUT2D eigenvalue weighted by Gasteiger charge is -2.28. The normalized spacial score (nSPS) is 15.6. The minimum atomic E-state index is -0.528. The van der Waals surface area contributed by atoms with E-state index in [4.69, 9.17) is 4.74 Å². The summed E-state index contributed by atoms with van der Waals surface area (Å²) in [6.07, 6.45) is 0.546. The van der Waals surface area contributed by atoms with Gasteiger partial charge in [0.25, 0.3) is 11.6 Å². The van der Waals surface area contributed by atoms with Gasteiger partial charge in [-0.2, -0.15) is 5.26 Å². The van der Waals surface area contributed by atoms with E-state index in [1.165, 1.54) is 24.3 Å². The number of thiophene rings is 1. The third-order valence-electron chi connectivity index (χ3n) is 5.63. The molecule has 0 radical (unpaired) electrons. The molecule has 10 nitrogen and oxygen atoms in total. The maximum atomic E-state index is 12.9. The molecular formula is C21H21N5O5S. The standard InChI is InChI=1S/C21H21N5O5S/c1-13(27)25-5-4-15-16(11-22)21(32-19(15)12-25)23-20(28)14-2-3-17(18(10-14)26(29)30)24-6-8-31-9-7-24/h2-3,10H,4-9,12H2,1H3,(H,23,28). The van der Waals surface area contributed by atoms with Crippen LogP contribution in [0.1, 0.15) is 33.3 Å². The Labute approximate surface area is 188 Å². The maximum Gasteiger partial charge on any atom is 0.293 e. The van der Waals surface area contributed by atoms with Crippen LogP contribution in [0.4, 0.5) is 16.4 Å². The summed E-state index contributed by atoms with van der Waals surface area (Å²) in [5, 5.41) is 24.4. The zero-order chi connectivity index (χ0) is 22.8. The molecule has 3 heterocycles. The van der Waals surface area contributed by atoms with Crippen molar-refractivity contribution < 1.29 is 19.2 Å². The third-order valence-corrected chi connectivity index (χ3v) is 6.76. The first-order valence-electron chi connectivity index (χ1n) is 10.1. The lowest BCUT2D eigenvalue weighted by molar-refractivity contribution is -0.384. The molecule has 1 N–H and O–H groups in total. The predicted molar refractivity (Wildman–Crippen MR) is 118 cm³/mol. The van der Waals surface area contributed by atoms with Gasteiger partial charge < -0.3 is 19.9 Å². The highest BCUT2D eigenvalue weighted by Gasteiger charge is 2.27. The Morgan fingerprint density at radius 1 is 1.28 bits per heavy atom. The molecule has 1 aromatic heterocycles. The molecule has 0 aliphatic carbocycles. The van der Waals surface area contributed by atoms with Crippen LogP contribution in [0, 0.1) is 21.4 Å². The molecule has 2 aliphatic heterocycles. The number of amides is 2. The second-order valence-electron chi connectivity index (χ2n) is 7.52. The first kappa shape index (κ1) is 21.7. The topological polar surface area (TPSA) is 129 Å². The lowest BCUT2D eigenvalue weighted by Crippen LogP contribution is -2.36. The number of ether oxygens (including phenoxy) is 1. The summed E-state index contributed by atoms with van der Waals surface area (Å²) in [4.78, 5) is 40.2. The van der Waals surface area contributed by atoms with Crippen LogP contribution in [0.25, 0.3) is 0 Å². The molecule has 0 spiro atoms. The largest absolute Gasteiger partial charge is 0.378 e. The number of nitro benzene ring substituents is 1. The van der Waals surface area contributed by atoms with Gasteiger partial charge in [0.05, 0.1) is 30.2 Å². The molecule has 0 bridgehead atoms. The molecule has 1 fully saturated rings. The quantitative estimate of drug-likeness (QED) is 0.554. The van der Waals surface area contributed by atoms with E-state index in [0.29, 0.717) is 62.1 Å². The van der Waals surface area contributed by atoms with E-state index in [0.717, 1.165) is 10.4 Å². The van der Waals surface area contributed by atoms with E-state index >= 15 is 0 Å². The summed E-state index contributed by atoms with van der Waals surface area (Å²) in [6.45, 7) is 4.47. The fourth-order valence-corrected chi connectivity index (χ4v) is 5.15. The van der Waals surface area contributed by atoms with E-state index < -0.39 is 10.8 Å². The van der Waals surface area contributed by atoms with E-state index in [1.807, 2.05) is 4.90 Å². The summed E-state index contributed by atoms with van der Waals surface area (Å²) in [7, 11) is 0. The van der Waals surface area contributed by atoms with Crippen LogP contribution in [0.2, 0.25) is 0 Å². The summed E-state index contributed by atoms with van der Waals surface area (Å²) in [6, 6.07) is 6.54. The number of hydrogen-bond donors (Lipinski definition) is 1. The molecule has 1 saturated heterocycles. The highest BCUT2D eigenvalue weighted by Crippen LogP contribution is 2.37. The summed E-state index contributed by atoms with van der Waals surface area (Å²) < 4.78 is 5.30. The highest BCUT2D eigenvalue weighted by molar-refractivity contribution is 7.16. The number of carbonyl (C=O) groups excluding carboxylic acids is 2. The van der Waals surface area contributed by atoms with Gasteiger partial charge in [0.1, 0.15) is 16.8 Å². The van der Waals surface area contributed by atoms with E-state index in [9.17, 15) is 25.0 Å². The monoisotopic (exact) mass is 455 g/mol. The number of anilines is 2. The molecule has 2 aromatic rings. The van der Waals surface area contributed by atoms with Crippen molar-refractivity contribution in [1.29, 1.82) is 5.26 Å². The van der Waals surface area contributed by atoms with Crippen molar-refractivity contribution in [1.82, 2.24) is 4.90 Å². The number of hydrogen-bond acceptors (Lipinski definition) is 8. The van der Waals surface area contributed by atoms with E-state index in [-0.39, 0.29) is 17.2 Å². The summed E-state index contributed by atoms with van der Waals surface area (Å²) >= 11 is 1.26. The molecule has 32 heavy (non-hydrogen) atoms. The maximum absolute atomic E-state index is 12.9. The first-order chi connectivity index (χ1) is 15.4. The number of nitriles is 1. The van der Waals surface area contributed by atoms with Crippen LogP contribution < -0.4 is 10.2 Å². The number of morpholine rings is 1. The number of rotatable bonds is 4. The minimum absolute atomic E-state index is 0.0409. The smallest absolute Gasteiger partial charge is 0.293 e. The molecule has 2 amide bonds. The molecule has 0 unspecified atom stereocenters. The Hall–Kier alpha value is -3.49. The Kier molecular flexibility index (Phi) is 6.07. The Morgan fingerprint density at radius 3 is 2.69 bits per heavy atom. The SMILES string of the molecule is CC(=O)N1CCc2c(sc(NC(=O)c3ccc(N4CCOCC4)c([N+](=O)[O-])c3)c2C#N)C1. The van der Waals surface area contributed by atoms with Crippen LogP contribution in [0.3, 0.4) is 0 Å². The molecule has 4 rings (SSSR count). The second kappa shape index (κ2) is 8.94. The summed E-state index contributed by atoms with van der Waals surface area (Å²) in [5.41, 5.74) is 1.67. The van der Waals surface area contributed by atoms with Crippen molar-refractivity contribution >= 4 is 39.5 Å². The van der Waals surface area contributed by atoms with Crippen molar-refractivity contribution in [3.63, 3.8) is 0 Å².